The van der Waals surface area contributed by atoms with Gasteiger partial charge in [0.15, 0.2) is 0 Å². The zero-order valence-electron chi connectivity index (χ0n) is 13.3. The van der Waals surface area contributed by atoms with Crippen molar-refractivity contribution < 1.29 is 29.3 Å². The number of hydrogen-bond acceptors (Lipinski definition) is 4. The lowest BCUT2D eigenvalue weighted by Crippen LogP contribution is -2.48. The Morgan fingerprint density at radius 1 is 1.36 bits per heavy atom. The predicted octanol–water partition coefficient (Wildman–Crippen LogP) is 2.48. The van der Waals surface area contributed by atoms with E-state index >= 15 is 0 Å². The molecule has 1 saturated carbocycles. The lowest BCUT2D eigenvalue weighted by molar-refractivity contribution is -0.172. The van der Waals surface area contributed by atoms with E-state index in [1.54, 1.807) is 6.92 Å². The van der Waals surface area contributed by atoms with Crippen LogP contribution >= 0.6 is 0 Å². The van der Waals surface area contributed by atoms with Crippen LogP contribution in [0.1, 0.15) is 46.5 Å². The number of hydrogen-bond donors (Lipinski definition) is 2. The zero-order valence-corrected chi connectivity index (χ0v) is 13.3. The Morgan fingerprint density at radius 2 is 1.95 bits per heavy atom. The summed E-state index contributed by atoms with van der Waals surface area (Å²) in [5.41, 5.74) is -1.17. The summed E-state index contributed by atoms with van der Waals surface area (Å²) in [6.45, 7) is 8.49. The van der Waals surface area contributed by atoms with E-state index in [2.05, 4.69) is 6.58 Å². The van der Waals surface area contributed by atoms with Crippen LogP contribution in [0.3, 0.4) is 0 Å². The summed E-state index contributed by atoms with van der Waals surface area (Å²) in [5.74, 6) is -3.64. The fraction of sp³-hybridized carbons (Fsp3) is 0.688. The van der Waals surface area contributed by atoms with Crippen LogP contribution in [-0.2, 0) is 19.1 Å². The quantitative estimate of drug-likeness (QED) is 0.577. The number of rotatable bonds is 6. The first-order valence-electron chi connectivity index (χ1n) is 7.43. The summed E-state index contributed by atoms with van der Waals surface area (Å²) in [5, 5.41) is 19.1. The molecule has 0 aromatic carbocycles. The van der Waals surface area contributed by atoms with Crippen LogP contribution in [0.4, 0.5) is 0 Å². The van der Waals surface area contributed by atoms with Crippen molar-refractivity contribution in [3.05, 3.63) is 12.2 Å². The topological polar surface area (TPSA) is 101 Å². The lowest BCUT2D eigenvalue weighted by atomic mass is 9.61. The van der Waals surface area contributed by atoms with Gasteiger partial charge >= 0.3 is 17.9 Å². The molecule has 4 unspecified atom stereocenters. The normalized spacial score (nSPS) is 29.4. The van der Waals surface area contributed by atoms with E-state index in [0.717, 1.165) is 0 Å². The molecule has 0 aromatic heterocycles. The monoisotopic (exact) mass is 312 g/mol. The second-order valence-electron chi connectivity index (χ2n) is 6.43. The van der Waals surface area contributed by atoms with Crippen molar-refractivity contribution in [1.82, 2.24) is 0 Å². The SMILES string of the molecule is C=C(C)C(=O)OC(C)CC1(C(=O)O)CCC(C)CC1C(=O)O. The second kappa shape index (κ2) is 6.94. The molecule has 1 rings (SSSR count). The van der Waals surface area contributed by atoms with Gasteiger partial charge in [-0.15, -0.1) is 0 Å². The molecule has 0 saturated heterocycles. The number of esters is 1. The molecule has 0 radical (unpaired) electrons. The number of carbonyl (C=O) groups is 3. The number of ether oxygens (including phenoxy) is 1. The number of aliphatic carboxylic acids is 2. The Bertz CT molecular complexity index is 483. The van der Waals surface area contributed by atoms with Gasteiger partial charge in [0.2, 0.25) is 0 Å². The van der Waals surface area contributed by atoms with E-state index in [-0.39, 0.29) is 24.3 Å². The summed E-state index contributed by atoms with van der Waals surface area (Å²) in [6, 6.07) is 0. The maximum absolute atomic E-state index is 11.8. The first kappa shape index (κ1) is 18.2. The molecular weight excluding hydrogens is 288 g/mol. The molecule has 6 nitrogen and oxygen atoms in total. The van der Waals surface area contributed by atoms with Crippen LogP contribution in [-0.4, -0.2) is 34.2 Å². The van der Waals surface area contributed by atoms with Crippen molar-refractivity contribution in [2.45, 2.75) is 52.6 Å². The Morgan fingerprint density at radius 3 is 2.41 bits per heavy atom. The van der Waals surface area contributed by atoms with Gasteiger partial charge in [0, 0.05) is 12.0 Å². The van der Waals surface area contributed by atoms with Gasteiger partial charge in [0.05, 0.1) is 11.3 Å². The van der Waals surface area contributed by atoms with Crippen LogP contribution in [0.25, 0.3) is 0 Å². The van der Waals surface area contributed by atoms with E-state index in [1.807, 2.05) is 6.92 Å². The highest BCUT2D eigenvalue weighted by Crippen LogP contribution is 2.47. The molecular formula is C16H24O6. The molecule has 0 amide bonds. The first-order chi connectivity index (χ1) is 10.1. The third-order valence-electron chi connectivity index (χ3n) is 4.42. The molecule has 1 fully saturated rings. The molecule has 0 heterocycles. The lowest BCUT2D eigenvalue weighted by Gasteiger charge is -2.42. The second-order valence-corrected chi connectivity index (χ2v) is 6.43. The average molecular weight is 312 g/mol. The predicted molar refractivity (Wildman–Crippen MR) is 79.2 cm³/mol. The Kier molecular flexibility index (Phi) is 5.74. The molecule has 0 aromatic rings. The van der Waals surface area contributed by atoms with Crippen molar-refractivity contribution in [3.63, 3.8) is 0 Å². The minimum atomic E-state index is -1.40. The van der Waals surface area contributed by atoms with E-state index in [9.17, 15) is 24.6 Å². The molecule has 4 atom stereocenters. The molecule has 0 aliphatic heterocycles. The smallest absolute Gasteiger partial charge is 0.333 e. The van der Waals surface area contributed by atoms with Crippen LogP contribution < -0.4 is 0 Å². The van der Waals surface area contributed by atoms with Gasteiger partial charge in [0.25, 0.3) is 0 Å². The molecule has 1 aliphatic carbocycles. The summed E-state index contributed by atoms with van der Waals surface area (Å²) in [4.78, 5) is 34.9. The summed E-state index contributed by atoms with van der Waals surface area (Å²) >= 11 is 0. The highest BCUT2D eigenvalue weighted by atomic mass is 16.5. The van der Waals surface area contributed by atoms with Crippen LogP contribution in [0.2, 0.25) is 0 Å². The van der Waals surface area contributed by atoms with E-state index < -0.39 is 35.3 Å². The molecule has 6 heteroatoms. The number of carbonyl (C=O) groups excluding carboxylic acids is 1. The van der Waals surface area contributed by atoms with Gasteiger partial charge in [-0.05, 0) is 39.0 Å². The van der Waals surface area contributed by atoms with Gasteiger partial charge in [-0.25, -0.2) is 4.79 Å². The molecule has 1 aliphatic rings. The first-order valence-corrected chi connectivity index (χ1v) is 7.43. The minimum absolute atomic E-state index is 0.00889. The van der Waals surface area contributed by atoms with Crippen molar-refractivity contribution >= 4 is 17.9 Å². The third kappa shape index (κ3) is 3.87. The fourth-order valence-corrected chi connectivity index (χ4v) is 3.19. The highest BCUT2D eigenvalue weighted by Gasteiger charge is 2.53. The molecule has 0 spiro atoms. The Labute approximate surface area is 130 Å². The summed E-state index contributed by atoms with van der Waals surface area (Å²) in [7, 11) is 0. The summed E-state index contributed by atoms with van der Waals surface area (Å²) < 4.78 is 5.15. The Hall–Kier alpha value is -1.85. The molecule has 22 heavy (non-hydrogen) atoms. The molecule has 0 bridgehead atoms. The largest absolute Gasteiger partial charge is 0.481 e. The Balaban J connectivity index is 2.99. The van der Waals surface area contributed by atoms with Gasteiger partial charge in [-0.3, -0.25) is 9.59 Å². The standard InChI is InChI=1S/C16H24O6/c1-9(2)14(19)22-11(4)8-16(15(20)21)6-5-10(3)7-12(16)13(17)18/h10-12H,1,5-8H2,2-4H3,(H,17,18)(H,20,21). The fourth-order valence-electron chi connectivity index (χ4n) is 3.19. The minimum Gasteiger partial charge on any atom is -0.481 e. The maximum atomic E-state index is 11.8. The number of carboxylic acids is 2. The van der Waals surface area contributed by atoms with Crippen molar-refractivity contribution in [3.8, 4) is 0 Å². The van der Waals surface area contributed by atoms with E-state index in [0.29, 0.717) is 12.8 Å². The maximum Gasteiger partial charge on any atom is 0.333 e. The number of carboxylic acid groups (broad SMARTS) is 2. The van der Waals surface area contributed by atoms with Gasteiger partial charge < -0.3 is 14.9 Å². The van der Waals surface area contributed by atoms with Crippen LogP contribution in [0.5, 0.6) is 0 Å². The third-order valence-corrected chi connectivity index (χ3v) is 4.42. The zero-order chi connectivity index (χ0) is 17.1. The molecule has 124 valence electrons. The van der Waals surface area contributed by atoms with Gasteiger partial charge in [0.1, 0.15) is 6.10 Å². The van der Waals surface area contributed by atoms with Gasteiger partial charge in [-0.1, -0.05) is 13.5 Å². The summed E-state index contributed by atoms with van der Waals surface area (Å²) in [6.07, 6.45) is 0.552. The highest BCUT2D eigenvalue weighted by molar-refractivity contribution is 5.87. The average Bonchev–Trinajstić information content (AvgIpc) is 2.40. The van der Waals surface area contributed by atoms with E-state index in [1.165, 1.54) is 6.92 Å². The van der Waals surface area contributed by atoms with Gasteiger partial charge in [-0.2, -0.15) is 0 Å². The van der Waals surface area contributed by atoms with Crippen LogP contribution in [0, 0.1) is 17.3 Å². The van der Waals surface area contributed by atoms with Crippen molar-refractivity contribution in [2.75, 3.05) is 0 Å². The molecule has 2 N–H and O–H groups in total. The van der Waals surface area contributed by atoms with E-state index in [4.69, 9.17) is 4.74 Å². The van der Waals surface area contributed by atoms with Crippen molar-refractivity contribution in [1.29, 1.82) is 0 Å². The van der Waals surface area contributed by atoms with Crippen molar-refractivity contribution in [2.24, 2.45) is 17.3 Å². The van der Waals surface area contributed by atoms with Crippen LogP contribution in [0.15, 0.2) is 12.2 Å².